The van der Waals surface area contributed by atoms with E-state index in [9.17, 15) is 13.2 Å². The molecule has 0 saturated carbocycles. The molecule has 0 amide bonds. The van der Waals surface area contributed by atoms with Gasteiger partial charge in [-0.2, -0.15) is 23.4 Å². The molecule has 3 aromatic carbocycles. The summed E-state index contributed by atoms with van der Waals surface area (Å²) in [6, 6.07) is 22.2. The van der Waals surface area contributed by atoms with Crippen LogP contribution in [0.1, 0.15) is 18.1 Å². The highest BCUT2D eigenvalue weighted by Gasteiger charge is 2.65. The first-order valence-corrected chi connectivity index (χ1v) is 9.08. The van der Waals surface area contributed by atoms with Crippen molar-refractivity contribution in [1.29, 1.82) is 0 Å². The second-order valence-electron chi connectivity index (χ2n) is 7.33. The van der Waals surface area contributed by atoms with E-state index in [1.807, 2.05) is 55.5 Å². The van der Waals surface area contributed by atoms with E-state index in [1.165, 1.54) is 12.1 Å². The van der Waals surface area contributed by atoms with Crippen LogP contribution in [-0.2, 0) is 11.3 Å². The summed E-state index contributed by atoms with van der Waals surface area (Å²) in [4.78, 5) is 0. The first kappa shape index (κ1) is 17.7. The van der Waals surface area contributed by atoms with E-state index < -0.39 is 17.5 Å². The van der Waals surface area contributed by atoms with Crippen LogP contribution in [0.5, 0.6) is 0 Å². The van der Waals surface area contributed by atoms with Crippen molar-refractivity contribution in [3.05, 3.63) is 83.9 Å². The molecular weight excluding hydrogens is 377 g/mol. The summed E-state index contributed by atoms with van der Waals surface area (Å²) in [5.41, 5.74) is 2.10. The molecule has 29 heavy (non-hydrogen) atoms. The molecular formula is C22H15F3N4. The van der Waals surface area contributed by atoms with E-state index in [-0.39, 0.29) is 5.56 Å². The van der Waals surface area contributed by atoms with E-state index in [4.69, 9.17) is 0 Å². The molecule has 0 saturated heterocycles. The number of rotatable bonds is 4. The lowest BCUT2D eigenvalue weighted by Gasteiger charge is -2.15. The van der Waals surface area contributed by atoms with Gasteiger partial charge in [-0.3, -0.25) is 0 Å². The van der Waals surface area contributed by atoms with Crippen LogP contribution in [0.15, 0.2) is 93.3 Å². The fraction of sp³-hybridized carbons (Fsp3) is 0.182. The topological polar surface area (TPSA) is 49.4 Å². The molecule has 3 aromatic rings. The third-order valence-corrected chi connectivity index (χ3v) is 5.34. The zero-order valence-corrected chi connectivity index (χ0v) is 15.4. The molecule has 0 atom stereocenters. The predicted octanol–water partition coefficient (Wildman–Crippen LogP) is 6.84. The van der Waals surface area contributed by atoms with Gasteiger partial charge in [-0.25, -0.2) is 0 Å². The van der Waals surface area contributed by atoms with Crippen LogP contribution in [0.25, 0.3) is 22.3 Å². The van der Waals surface area contributed by atoms with Gasteiger partial charge in [-0.05, 0) is 35.2 Å². The monoisotopic (exact) mass is 392 g/mol. The van der Waals surface area contributed by atoms with Crippen molar-refractivity contribution in [3.8, 4) is 22.3 Å². The third kappa shape index (κ3) is 2.93. The van der Waals surface area contributed by atoms with Crippen LogP contribution in [0.2, 0.25) is 0 Å². The number of hydrogen-bond acceptors (Lipinski definition) is 4. The smallest absolute Gasteiger partial charge is 0.166 e. The Labute approximate surface area is 164 Å². The summed E-state index contributed by atoms with van der Waals surface area (Å²) in [7, 11) is 0. The lowest BCUT2D eigenvalue weighted by Crippen LogP contribution is -2.29. The Morgan fingerprint density at radius 1 is 0.621 bits per heavy atom. The molecule has 0 radical (unpaired) electrons. The molecule has 0 bridgehead atoms. The van der Waals surface area contributed by atoms with E-state index in [1.54, 1.807) is 12.1 Å². The number of hydrogen-bond donors (Lipinski definition) is 0. The number of halogens is 3. The minimum Gasteiger partial charge on any atom is -0.166 e. The summed E-state index contributed by atoms with van der Waals surface area (Å²) in [5.74, 6) is 0. The quantitative estimate of drug-likeness (QED) is 0.467. The predicted molar refractivity (Wildman–Crippen MR) is 102 cm³/mol. The maximum absolute atomic E-state index is 13.2. The Morgan fingerprint density at radius 2 is 1.10 bits per heavy atom. The highest BCUT2D eigenvalue weighted by atomic mass is 19.4. The molecule has 7 heteroatoms. The minimum absolute atomic E-state index is 0.0323. The molecule has 5 rings (SSSR count). The zero-order valence-electron chi connectivity index (χ0n) is 15.4. The highest BCUT2D eigenvalue weighted by molar-refractivity contribution is 5.73. The van der Waals surface area contributed by atoms with Gasteiger partial charge in [0.1, 0.15) is 0 Å². The molecule has 0 spiro atoms. The van der Waals surface area contributed by atoms with Gasteiger partial charge in [-0.15, -0.1) is 10.2 Å². The Kier molecular flexibility index (Phi) is 3.56. The van der Waals surface area contributed by atoms with E-state index >= 15 is 0 Å². The zero-order chi connectivity index (χ0) is 20.3. The Morgan fingerprint density at radius 3 is 1.52 bits per heavy atom. The Hall–Kier alpha value is -3.35. The van der Waals surface area contributed by atoms with E-state index in [0.717, 1.165) is 27.8 Å². The first-order chi connectivity index (χ1) is 13.8. The number of nitrogens with zero attached hydrogens (tertiary/aromatic N) is 4. The van der Waals surface area contributed by atoms with Crippen molar-refractivity contribution in [3.63, 3.8) is 0 Å². The Balaban J connectivity index is 1.41. The van der Waals surface area contributed by atoms with E-state index in [2.05, 4.69) is 20.5 Å². The van der Waals surface area contributed by atoms with Gasteiger partial charge in [0.15, 0.2) is 0 Å². The van der Waals surface area contributed by atoms with Crippen LogP contribution >= 0.6 is 0 Å². The molecule has 0 aliphatic carbocycles. The Bertz CT molecular complexity index is 1130. The summed E-state index contributed by atoms with van der Waals surface area (Å²) in [6.45, 7) is 1.96. The van der Waals surface area contributed by atoms with Crippen molar-refractivity contribution in [2.75, 3.05) is 0 Å². The first-order valence-electron chi connectivity index (χ1n) is 9.08. The minimum atomic E-state index is -4.52. The lowest BCUT2D eigenvalue weighted by molar-refractivity contribution is -0.166. The average Bonchev–Trinajstić information content (AvgIpc) is 3.64. The van der Waals surface area contributed by atoms with Crippen LogP contribution in [0.4, 0.5) is 13.2 Å². The molecule has 2 aliphatic heterocycles. The van der Waals surface area contributed by atoms with Gasteiger partial charge < -0.3 is 0 Å². The van der Waals surface area contributed by atoms with Crippen molar-refractivity contribution in [2.45, 2.75) is 24.4 Å². The van der Waals surface area contributed by atoms with Gasteiger partial charge in [0.05, 0.1) is 0 Å². The molecule has 0 unspecified atom stereocenters. The summed E-state index contributed by atoms with van der Waals surface area (Å²) >= 11 is 0. The standard InChI is InChI=1S/C22H15F3N4/c1-20(26-27-20)18-9-5-14(6-10-18)16-3-2-4-17(13-16)15-7-11-19(12-8-15)21(28-29-21)22(23,24)25/h2-13H,1H3. The molecule has 2 aliphatic rings. The van der Waals surface area contributed by atoms with E-state index in [0.29, 0.717) is 0 Å². The van der Waals surface area contributed by atoms with Gasteiger partial charge in [0.25, 0.3) is 0 Å². The molecule has 0 N–H and O–H groups in total. The van der Waals surface area contributed by atoms with Crippen LogP contribution in [0.3, 0.4) is 0 Å². The molecule has 0 aromatic heterocycles. The van der Waals surface area contributed by atoms with Crippen LogP contribution in [0, 0.1) is 0 Å². The average molecular weight is 392 g/mol. The summed E-state index contributed by atoms with van der Waals surface area (Å²) in [6.07, 6.45) is -4.52. The maximum Gasteiger partial charge on any atom is 0.442 e. The van der Waals surface area contributed by atoms with Crippen molar-refractivity contribution < 1.29 is 13.2 Å². The highest BCUT2D eigenvalue weighted by Crippen LogP contribution is 2.52. The second-order valence-corrected chi connectivity index (χ2v) is 7.33. The largest absolute Gasteiger partial charge is 0.442 e. The maximum atomic E-state index is 13.2. The van der Waals surface area contributed by atoms with Crippen molar-refractivity contribution in [1.82, 2.24) is 0 Å². The van der Waals surface area contributed by atoms with Gasteiger partial charge in [0, 0.05) is 11.1 Å². The molecule has 2 heterocycles. The second kappa shape index (κ2) is 5.83. The van der Waals surface area contributed by atoms with Crippen LogP contribution in [-0.4, -0.2) is 6.18 Å². The van der Waals surface area contributed by atoms with Crippen LogP contribution < -0.4 is 0 Å². The molecule has 0 fully saturated rings. The fourth-order valence-corrected chi connectivity index (χ4v) is 3.38. The third-order valence-electron chi connectivity index (χ3n) is 5.34. The normalized spacial score (nSPS) is 17.9. The van der Waals surface area contributed by atoms with Gasteiger partial charge in [0.2, 0.25) is 5.66 Å². The van der Waals surface area contributed by atoms with Gasteiger partial charge in [-0.1, -0.05) is 66.7 Å². The SMILES string of the molecule is CC1(c2ccc(-c3cccc(-c4ccc(C5(C(F)(F)F)N=N5)cc4)c3)cc2)N=N1. The number of alkyl halides is 3. The molecule has 144 valence electrons. The summed E-state index contributed by atoms with van der Waals surface area (Å²) < 4.78 is 39.5. The lowest BCUT2D eigenvalue weighted by atomic mass is 9.95. The number of benzene rings is 3. The van der Waals surface area contributed by atoms with Gasteiger partial charge >= 0.3 is 11.8 Å². The fourth-order valence-electron chi connectivity index (χ4n) is 3.38. The van der Waals surface area contributed by atoms with Crippen molar-refractivity contribution >= 4 is 0 Å². The molecule has 4 nitrogen and oxygen atoms in total. The summed E-state index contributed by atoms with van der Waals surface area (Å²) in [5, 5.41) is 14.6. The van der Waals surface area contributed by atoms with Crippen molar-refractivity contribution in [2.24, 2.45) is 20.5 Å².